The van der Waals surface area contributed by atoms with Gasteiger partial charge in [0.1, 0.15) is 0 Å². The standard InChI is InChI=1S/C24H24N4OS2/c1-4-28-23(19-14-30-17(3)22(19)18-11-6-5-7-12-18)26-27-24(28)31-15-21(29)25-20-13-9-8-10-16(20)2/h5-14H,4,15H2,1-3H3,(H,25,29). The Morgan fingerprint density at radius 3 is 2.55 bits per heavy atom. The molecule has 0 saturated carbocycles. The maximum atomic E-state index is 12.5. The van der Waals surface area contributed by atoms with Crippen LogP contribution < -0.4 is 5.32 Å². The second-order valence-corrected chi connectivity index (χ2v) is 9.18. The van der Waals surface area contributed by atoms with Crippen molar-refractivity contribution in [3.05, 3.63) is 70.4 Å². The molecule has 2 heterocycles. The molecule has 0 atom stereocenters. The van der Waals surface area contributed by atoms with Crippen molar-refractivity contribution >= 4 is 34.7 Å². The van der Waals surface area contributed by atoms with Crippen LogP contribution in [-0.4, -0.2) is 26.4 Å². The minimum Gasteiger partial charge on any atom is -0.325 e. The molecule has 0 aliphatic rings. The largest absolute Gasteiger partial charge is 0.325 e. The van der Waals surface area contributed by atoms with Gasteiger partial charge in [-0.25, -0.2) is 0 Å². The number of thiophene rings is 1. The summed E-state index contributed by atoms with van der Waals surface area (Å²) in [5.41, 5.74) is 5.34. The van der Waals surface area contributed by atoms with E-state index < -0.39 is 0 Å². The van der Waals surface area contributed by atoms with Gasteiger partial charge in [0.15, 0.2) is 11.0 Å². The summed E-state index contributed by atoms with van der Waals surface area (Å²) in [4.78, 5) is 13.7. The average molecular weight is 449 g/mol. The normalized spacial score (nSPS) is 10.9. The number of hydrogen-bond donors (Lipinski definition) is 1. The molecule has 0 fully saturated rings. The number of anilines is 1. The Balaban J connectivity index is 1.55. The molecular weight excluding hydrogens is 424 g/mol. The number of benzene rings is 2. The van der Waals surface area contributed by atoms with Crippen LogP contribution in [0, 0.1) is 13.8 Å². The van der Waals surface area contributed by atoms with E-state index in [9.17, 15) is 4.79 Å². The summed E-state index contributed by atoms with van der Waals surface area (Å²) in [5.74, 6) is 1.07. The number of para-hydroxylation sites is 1. The van der Waals surface area contributed by atoms with Crippen molar-refractivity contribution in [2.75, 3.05) is 11.1 Å². The Hall–Kier alpha value is -2.90. The van der Waals surface area contributed by atoms with Gasteiger partial charge in [0, 0.05) is 33.6 Å². The number of amides is 1. The highest BCUT2D eigenvalue weighted by atomic mass is 32.2. The molecule has 2 aromatic carbocycles. The lowest BCUT2D eigenvalue weighted by Crippen LogP contribution is -2.15. The number of nitrogens with one attached hydrogen (secondary N) is 1. The lowest BCUT2D eigenvalue weighted by Gasteiger charge is -2.10. The highest BCUT2D eigenvalue weighted by Crippen LogP contribution is 2.39. The summed E-state index contributed by atoms with van der Waals surface area (Å²) in [6.07, 6.45) is 0. The van der Waals surface area contributed by atoms with Gasteiger partial charge in [-0.2, -0.15) is 0 Å². The molecule has 2 aromatic heterocycles. The Morgan fingerprint density at radius 1 is 1.06 bits per heavy atom. The Kier molecular flexibility index (Phi) is 6.53. The molecule has 7 heteroatoms. The summed E-state index contributed by atoms with van der Waals surface area (Å²) in [7, 11) is 0. The quantitative estimate of drug-likeness (QED) is 0.350. The summed E-state index contributed by atoms with van der Waals surface area (Å²) >= 11 is 3.13. The van der Waals surface area contributed by atoms with Crippen molar-refractivity contribution in [2.24, 2.45) is 0 Å². The maximum Gasteiger partial charge on any atom is 0.234 e. The van der Waals surface area contributed by atoms with E-state index in [0.717, 1.165) is 34.3 Å². The van der Waals surface area contributed by atoms with Crippen LogP contribution in [0.1, 0.15) is 17.4 Å². The van der Waals surface area contributed by atoms with Crippen LogP contribution in [0.2, 0.25) is 0 Å². The van der Waals surface area contributed by atoms with E-state index >= 15 is 0 Å². The molecule has 158 valence electrons. The number of nitrogens with zero attached hydrogens (tertiary/aromatic N) is 3. The van der Waals surface area contributed by atoms with Gasteiger partial charge >= 0.3 is 0 Å². The molecule has 4 rings (SSSR count). The molecular formula is C24H24N4OS2. The second kappa shape index (κ2) is 9.49. The smallest absolute Gasteiger partial charge is 0.234 e. The van der Waals surface area contributed by atoms with Gasteiger partial charge in [0.05, 0.1) is 5.75 Å². The molecule has 0 aliphatic carbocycles. The van der Waals surface area contributed by atoms with Gasteiger partial charge in [-0.05, 0) is 38.0 Å². The van der Waals surface area contributed by atoms with Crippen LogP contribution in [0.15, 0.2) is 65.1 Å². The molecule has 4 aromatic rings. The summed E-state index contributed by atoms with van der Waals surface area (Å²) in [6, 6.07) is 18.1. The van der Waals surface area contributed by atoms with Crippen LogP contribution >= 0.6 is 23.1 Å². The first-order chi connectivity index (χ1) is 15.1. The van der Waals surface area contributed by atoms with Crippen molar-refractivity contribution in [3.63, 3.8) is 0 Å². The first-order valence-corrected chi connectivity index (χ1v) is 12.0. The van der Waals surface area contributed by atoms with Gasteiger partial charge in [0.25, 0.3) is 0 Å². The molecule has 0 saturated heterocycles. The number of carbonyl (C=O) groups excluding carboxylic acids is 1. The third-order valence-corrected chi connectivity index (χ3v) is 6.94. The molecule has 0 radical (unpaired) electrons. The van der Waals surface area contributed by atoms with Gasteiger partial charge in [-0.1, -0.05) is 60.3 Å². The topological polar surface area (TPSA) is 59.8 Å². The van der Waals surface area contributed by atoms with Gasteiger partial charge < -0.3 is 9.88 Å². The Morgan fingerprint density at radius 2 is 1.81 bits per heavy atom. The van der Waals surface area contributed by atoms with Crippen molar-refractivity contribution in [3.8, 4) is 22.5 Å². The molecule has 0 unspecified atom stereocenters. The number of thioether (sulfide) groups is 1. The number of rotatable bonds is 7. The minimum atomic E-state index is -0.0529. The predicted octanol–water partition coefficient (Wildman–Crippen LogP) is 6.04. The van der Waals surface area contributed by atoms with Gasteiger partial charge in [-0.15, -0.1) is 21.5 Å². The number of carbonyl (C=O) groups is 1. The third-order valence-electron chi connectivity index (χ3n) is 5.06. The highest BCUT2D eigenvalue weighted by molar-refractivity contribution is 7.99. The molecule has 0 bridgehead atoms. The highest BCUT2D eigenvalue weighted by Gasteiger charge is 2.20. The minimum absolute atomic E-state index is 0.0529. The molecule has 31 heavy (non-hydrogen) atoms. The molecule has 0 aliphatic heterocycles. The van der Waals surface area contributed by atoms with Crippen molar-refractivity contribution in [2.45, 2.75) is 32.5 Å². The van der Waals surface area contributed by atoms with Crippen LogP contribution in [0.3, 0.4) is 0 Å². The van der Waals surface area contributed by atoms with E-state index in [1.54, 1.807) is 11.3 Å². The van der Waals surface area contributed by atoms with Crippen molar-refractivity contribution < 1.29 is 4.79 Å². The Bertz CT molecular complexity index is 1200. The fourth-order valence-corrected chi connectivity index (χ4v) is 5.16. The number of aromatic nitrogens is 3. The zero-order valence-corrected chi connectivity index (χ0v) is 19.4. The van der Waals surface area contributed by atoms with Gasteiger partial charge in [0.2, 0.25) is 5.91 Å². The van der Waals surface area contributed by atoms with Crippen LogP contribution in [0.4, 0.5) is 5.69 Å². The summed E-state index contributed by atoms with van der Waals surface area (Å²) < 4.78 is 2.08. The lowest BCUT2D eigenvalue weighted by atomic mass is 10.0. The van der Waals surface area contributed by atoms with E-state index in [1.807, 2.05) is 37.3 Å². The predicted molar refractivity (Wildman–Crippen MR) is 130 cm³/mol. The van der Waals surface area contributed by atoms with Crippen molar-refractivity contribution in [1.82, 2.24) is 14.8 Å². The first-order valence-electron chi connectivity index (χ1n) is 10.1. The fraction of sp³-hybridized carbons (Fsp3) is 0.208. The van der Waals surface area contributed by atoms with E-state index in [0.29, 0.717) is 0 Å². The zero-order chi connectivity index (χ0) is 21.8. The SMILES string of the molecule is CCn1c(SCC(=O)Nc2ccccc2C)nnc1-c1csc(C)c1-c1ccccc1. The van der Waals surface area contributed by atoms with Gasteiger partial charge in [-0.3, -0.25) is 4.79 Å². The Labute approximate surface area is 190 Å². The van der Waals surface area contributed by atoms with Crippen LogP contribution in [-0.2, 0) is 11.3 Å². The second-order valence-electron chi connectivity index (χ2n) is 7.15. The number of hydrogen-bond acceptors (Lipinski definition) is 5. The van der Waals surface area contributed by atoms with E-state index in [-0.39, 0.29) is 11.7 Å². The average Bonchev–Trinajstić information content (AvgIpc) is 3.37. The van der Waals surface area contributed by atoms with Crippen molar-refractivity contribution in [1.29, 1.82) is 0 Å². The van der Waals surface area contributed by atoms with Crippen LogP contribution in [0.5, 0.6) is 0 Å². The third kappa shape index (κ3) is 4.57. The van der Waals surface area contributed by atoms with Crippen LogP contribution in [0.25, 0.3) is 22.5 Å². The molecule has 1 amide bonds. The van der Waals surface area contributed by atoms with E-state index in [1.165, 1.54) is 27.8 Å². The number of aryl methyl sites for hydroxylation is 2. The fourth-order valence-electron chi connectivity index (χ4n) is 3.49. The summed E-state index contributed by atoms with van der Waals surface area (Å²) in [6.45, 7) is 6.92. The monoisotopic (exact) mass is 448 g/mol. The summed E-state index contributed by atoms with van der Waals surface area (Å²) in [5, 5.41) is 14.8. The molecule has 5 nitrogen and oxygen atoms in total. The molecule has 1 N–H and O–H groups in total. The maximum absolute atomic E-state index is 12.5. The molecule has 0 spiro atoms. The first kappa shape index (κ1) is 21.3. The lowest BCUT2D eigenvalue weighted by molar-refractivity contribution is -0.113. The zero-order valence-electron chi connectivity index (χ0n) is 17.8. The van der Waals surface area contributed by atoms with E-state index in [2.05, 4.69) is 63.6 Å². The van der Waals surface area contributed by atoms with E-state index in [4.69, 9.17) is 0 Å².